The molecule has 0 unspecified atom stereocenters. The first-order chi connectivity index (χ1) is 19.0. The molecule has 1 aliphatic carbocycles. The van der Waals surface area contributed by atoms with Gasteiger partial charge in [-0.2, -0.15) is 5.10 Å². The van der Waals surface area contributed by atoms with Crippen molar-refractivity contribution in [2.24, 2.45) is 7.05 Å². The summed E-state index contributed by atoms with van der Waals surface area (Å²) < 4.78 is 24.5. The number of ether oxygens (including phenoxy) is 1. The fourth-order valence-corrected chi connectivity index (χ4v) is 5.57. The number of imidazole rings is 1. The SMILES string of the molecule is Cn1cc(-c2nccc(C(=O)Nc3nc4cc(CN5CCOCC5)ccc4n3C3CCC(O)CC3)c2F)cn1. The number of aromatic nitrogens is 5. The van der Waals surface area contributed by atoms with Gasteiger partial charge in [-0.3, -0.25) is 24.7 Å². The number of hydrogen-bond donors (Lipinski definition) is 2. The minimum atomic E-state index is -0.709. The van der Waals surface area contributed by atoms with Gasteiger partial charge in [0.2, 0.25) is 5.95 Å². The summed E-state index contributed by atoms with van der Waals surface area (Å²) in [5.41, 5.74) is 3.25. The lowest BCUT2D eigenvalue weighted by Gasteiger charge is -2.28. The number of aryl methyl sites for hydroxylation is 1. The fraction of sp³-hybridized carbons (Fsp3) is 0.429. The van der Waals surface area contributed by atoms with E-state index in [1.165, 1.54) is 18.5 Å². The number of fused-ring (bicyclic) bond motifs is 1. The lowest BCUT2D eigenvalue weighted by atomic mass is 9.93. The van der Waals surface area contributed by atoms with Crippen LogP contribution in [0.25, 0.3) is 22.3 Å². The number of aliphatic hydroxyl groups excluding tert-OH is 1. The van der Waals surface area contributed by atoms with Crippen LogP contribution in [0.5, 0.6) is 0 Å². The normalized spacial score (nSPS) is 20.4. The zero-order valence-corrected chi connectivity index (χ0v) is 21.9. The molecule has 1 amide bonds. The second kappa shape index (κ2) is 10.8. The predicted octanol–water partition coefficient (Wildman–Crippen LogP) is 3.53. The van der Waals surface area contributed by atoms with E-state index in [9.17, 15) is 9.90 Å². The number of carbonyl (C=O) groups is 1. The maximum Gasteiger partial charge on any atom is 0.261 e. The third-order valence-corrected chi connectivity index (χ3v) is 7.63. The molecule has 0 spiro atoms. The van der Waals surface area contributed by atoms with Crippen LogP contribution in [-0.4, -0.2) is 72.6 Å². The zero-order valence-electron chi connectivity index (χ0n) is 21.9. The molecule has 4 heterocycles. The Morgan fingerprint density at radius 3 is 2.72 bits per heavy atom. The number of carbonyl (C=O) groups excluding carboxylic acids is 1. The molecule has 39 heavy (non-hydrogen) atoms. The highest BCUT2D eigenvalue weighted by Gasteiger charge is 2.27. The van der Waals surface area contributed by atoms with E-state index in [4.69, 9.17) is 9.72 Å². The molecule has 1 saturated heterocycles. The summed E-state index contributed by atoms with van der Waals surface area (Å²) in [5, 5.41) is 17.1. The molecule has 11 heteroatoms. The molecule has 1 aliphatic heterocycles. The van der Waals surface area contributed by atoms with Crippen LogP contribution in [0.4, 0.5) is 10.3 Å². The smallest absolute Gasteiger partial charge is 0.261 e. The molecule has 3 aromatic heterocycles. The first-order valence-electron chi connectivity index (χ1n) is 13.4. The third-order valence-electron chi connectivity index (χ3n) is 7.63. The number of pyridine rings is 1. The summed E-state index contributed by atoms with van der Waals surface area (Å²) in [5.74, 6) is -0.931. The average molecular weight is 534 g/mol. The van der Waals surface area contributed by atoms with E-state index in [2.05, 4.69) is 32.4 Å². The summed E-state index contributed by atoms with van der Waals surface area (Å²) in [6, 6.07) is 7.64. The maximum atomic E-state index is 15.5. The van der Waals surface area contributed by atoms with Gasteiger partial charge in [0, 0.05) is 50.7 Å². The molecule has 0 atom stereocenters. The molecule has 204 valence electrons. The Morgan fingerprint density at radius 2 is 1.97 bits per heavy atom. The topological polar surface area (TPSA) is 110 Å². The molecule has 10 nitrogen and oxygen atoms in total. The van der Waals surface area contributed by atoms with Crippen molar-refractivity contribution in [2.75, 3.05) is 31.6 Å². The number of halogens is 1. The largest absolute Gasteiger partial charge is 0.393 e. The number of amides is 1. The zero-order chi connectivity index (χ0) is 26.9. The van der Waals surface area contributed by atoms with Crippen molar-refractivity contribution in [3.63, 3.8) is 0 Å². The van der Waals surface area contributed by atoms with E-state index >= 15 is 4.39 Å². The van der Waals surface area contributed by atoms with Crippen LogP contribution in [0, 0.1) is 5.82 Å². The first kappa shape index (κ1) is 25.6. The number of nitrogens with one attached hydrogen (secondary N) is 1. The summed E-state index contributed by atoms with van der Waals surface area (Å²) in [7, 11) is 1.74. The van der Waals surface area contributed by atoms with Crippen molar-refractivity contribution < 1.29 is 19.0 Å². The van der Waals surface area contributed by atoms with E-state index in [1.54, 1.807) is 17.9 Å². The second-order valence-electron chi connectivity index (χ2n) is 10.4. The van der Waals surface area contributed by atoms with Gasteiger partial charge in [0.1, 0.15) is 5.69 Å². The van der Waals surface area contributed by atoms with Gasteiger partial charge >= 0.3 is 0 Å². The summed E-state index contributed by atoms with van der Waals surface area (Å²) in [4.78, 5) is 24.7. The number of aliphatic hydroxyl groups is 1. The minimum absolute atomic E-state index is 0.0621. The highest BCUT2D eigenvalue weighted by Crippen LogP contribution is 2.35. The lowest BCUT2D eigenvalue weighted by molar-refractivity contribution is 0.0342. The summed E-state index contributed by atoms with van der Waals surface area (Å²) in [6.45, 7) is 4.03. The molecule has 0 radical (unpaired) electrons. The molecular formula is C28H32FN7O3. The van der Waals surface area contributed by atoms with Crippen LogP contribution >= 0.6 is 0 Å². The van der Waals surface area contributed by atoms with E-state index in [-0.39, 0.29) is 23.4 Å². The number of hydrogen-bond acceptors (Lipinski definition) is 7. The quantitative estimate of drug-likeness (QED) is 0.390. The highest BCUT2D eigenvalue weighted by atomic mass is 19.1. The Morgan fingerprint density at radius 1 is 1.18 bits per heavy atom. The summed E-state index contributed by atoms with van der Waals surface area (Å²) in [6.07, 6.45) is 7.16. The van der Waals surface area contributed by atoms with Crippen molar-refractivity contribution in [1.29, 1.82) is 0 Å². The Balaban J connectivity index is 1.33. The number of rotatable bonds is 6. The van der Waals surface area contributed by atoms with Crippen molar-refractivity contribution in [2.45, 2.75) is 44.4 Å². The monoisotopic (exact) mass is 533 g/mol. The average Bonchev–Trinajstić information content (AvgIpc) is 3.52. The van der Waals surface area contributed by atoms with E-state index in [0.717, 1.165) is 62.3 Å². The Bertz CT molecular complexity index is 1490. The Hall–Kier alpha value is -3.67. The molecule has 0 bridgehead atoms. The van der Waals surface area contributed by atoms with E-state index in [0.29, 0.717) is 24.4 Å². The Labute approximate surface area is 225 Å². The fourth-order valence-electron chi connectivity index (χ4n) is 5.57. The van der Waals surface area contributed by atoms with Crippen LogP contribution in [0.15, 0.2) is 42.9 Å². The van der Waals surface area contributed by atoms with Gasteiger partial charge in [-0.15, -0.1) is 0 Å². The Kier molecular flexibility index (Phi) is 7.11. The molecule has 1 saturated carbocycles. The second-order valence-corrected chi connectivity index (χ2v) is 10.4. The van der Waals surface area contributed by atoms with E-state index < -0.39 is 11.7 Å². The van der Waals surface area contributed by atoms with Gasteiger partial charge in [0.25, 0.3) is 5.91 Å². The van der Waals surface area contributed by atoms with Gasteiger partial charge in [0.15, 0.2) is 5.82 Å². The van der Waals surface area contributed by atoms with Crippen molar-refractivity contribution >= 4 is 22.9 Å². The van der Waals surface area contributed by atoms with Gasteiger partial charge in [0.05, 0.1) is 42.1 Å². The van der Waals surface area contributed by atoms with Gasteiger partial charge in [-0.25, -0.2) is 9.37 Å². The lowest BCUT2D eigenvalue weighted by Crippen LogP contribution is -2.35. The van der Waals surface area contributed by atoms with E-state index in [1.807, 2.05) is 10.6 Å². The third kappa shape index (κ3) is 5.29. The molecule has 2 fully saturated rings. The van der Waals surface area contributed by atoms with Crippen LogP contribution in [0.2, 0.25) is 0 Å². The molecule has 1 aromatic carbocycles. The predicted molar refractivity (Wildman–Crippen MR) is 144 cm³/mol. The molecule has 6 rings (SSSR count). The number of morpholine rings is 1. The van der Waals surface area contributed by atoms with Gasteiger partial charge in [-0.05, 0) is 49.4 Å². The molecule has 4 aromatic rings. The van der Waals surface area contributed by atoms with Crippen molar-refractivity contribution in [3.05, 3.63) is 59.8 Å². The van der Waals surface area contributed by atoms with Crippen LogP contribution < -0.4 is 5.32 Å². The maximum absolute atomic E-state index is 15.5. The number of nitrogens with zero attached hydrogens (tertiary/aromatic N) is 6. The first-order valence-corrected chi connectivity index (χ1v) is 13.4. The number of benzene rings is 1. The molecular weight excluding hydrogens is 501 g/mol. The highest BCUT2D eigenvalue weighted by molar-refractivity contribution is 6.05. The van der Waals surface area contributed by atoms with Gasteiger partial charge < -0.3 is 14.4 Å². The van der Waals surface area contributed by atoms with Gasteiger partial charge in [-0.1, -0.05) is 6.07 Å². The van der Waals surface area contributed by atoms with Crippen molar-refractivity contribution in [3.8, 4) is 11.3 Å². The van der Waals surface area contributed by atoms with Crippen molar-refractivity contribution in [1.82, 2.24) is 29.2 Å². The minimum Gasteiger partial charge on any atom is -0.393 e. The van der Waals surface area contributed by atoms with Crippen LogP contribution in [0.3, 0.4) is 0 Å². The number of anilines is 1. The molecule has 2 N–H and O–H groups in total. The van der Waals surface area contributed by atoms with Crippen LogP contribution in [0.1, 0.15) is 47.6 Å². The standard InChI is InChI=1S/C28H32FN7O3/c1-34-17-19(15-31-34)26-25(29)22(8-9-30-26)27(38)33-28-32-23-14-18(16-35-10-12-39-13-11-35)2-7-24(23)36(28)20-3-5-21(37)6-4-20/h2,7-9,14-15,17,20-21,37H,3-6,10-13,16H2,1H3,(H,32,33,38). The molecule has 2 aliphatic rings. The summed E-state index contributed by atoms with van der Waals surface area (Å²) >= 11 is 0. The van der Waals surface area contributed by atoms with Crippen LogP contribution in [-0.2, 0) is 18.3 Å².